The molecule has 0 aromatic heterocycles. The first kappa shape index (κ1) is 15.2. The molecule has 1 amide bonds. The molecule has 0 saturated carbocycles. The van der Waals surface area contributed by atoms with Crippen molar-refractivity contribution in [1.82, 2.24) is 5.32 Å². The maximum absolute atomic E-state index is 11.5. The molecular formula is C15H22BrNO. The lowest BCUT2D eigenvalue weighted by Crippen LogP contribution is -2.26. The Kier molecular flexibility index (Phi) is 5.39. The molecular weight excluding hydrogens is 290 g/mol. The van der Waals surface area contributed by atoms with Crippen LogP contribution in [-0.4, -0.2) is 11.2 Å². The van der Waals surface area contributed by atoms with Crippen molar-refractivity contribution < 1.29 is 4.79 Å². The molecule has 18 heavy (non-hydrogen) atoms. The first-order valence-corrected chi connectivity index (χ1v) is 7.42. The third kappa shape index (κ3) is 4.45. The molecule has 1 atom stereocenters. The normalized spacial score (nSPS) is 13.2. The third-order valence-corrected chi connectivity index (χ3v) is 3.37. The van der Waals surface area contributed by atoms with Gasteiger partial charge in [-0.15, -0.1) is 0 Å². The minimum atomic E-state index is 0.0607. The van der Waals surface area contributed by atoms with E-state index < -0.39 is 0 Å². The van der Waals surface area contributed by atoms with E-state index in [0.29, 0.717) is 11.8 Å². The number of amides is 1. The average Bonchev–Trinajstić information content (AvgIpc) is 2.28. The zero-order valence-electron chi connectivity index (χ0n) is 11.6. The molecule has 0 bridgehead atoms. The van der Waals surface area contributed by atoms with Crippen LogP contribution in [0.15, 0.2) is 24.3 Å². The molecule has 0 aliphatic rings. The van der Waals surface area contributed by atoms with Gasteiger partial charge in [-0.3, -0.25) is 4.79 Å². The van der Waals surface area contributed by atoms with Crippen molar-refractivity contribution >= 4 is 21.8 Å². The molecule has 3 heteroatoms. The predicted octanol–water partition coefficient (Wildman–Crippen LogP) is 3.95. The molecule has 1 N–H and O–H groups in total. The summed E-state index contributed by atoms with van der Waals surface area (Å²) in [4.78, 5) is 11.5. The fraction of sp³-hybridized carbons (Fsp3) is 0.533. The number of carbonyl (C=O) groups excluding carboxylic acids is 1. The standard InChI is InChI=1S/C15H22BrNO/c1-11(17-14(18)9-10-16)12-5-7-13(8-6-12)15(2,3)4/h5-8,11H,9-10H2,1-4H3,(H,17,18). The Morgan fingerprint density at radius 1 is 1.28 bits per heavy atom. The first-order chi connectivity index (χ1) is 8.34. The van der Waals surface area contributed by atoms with Gasteiger partial charge in [-0.25, -0.2) is 0 Å². The van der Waals surface area contributed by atoms with Crippen molar-refractivity contribution in [2.75, 3.05) is 5.33 Å². The number of carbonyl (C=O) groups is 1. The zero-order valence-corrected chi connectivity index (χ0v) is 13.2. The summed E-state index contributed by atoms with van der Waals surface area (Å²) < 4.78 is 0. The summed E-state index contributed by atoms with van der Waals surface area (Å²) in [6.07, 6.45) is 0.518. The number of alkyl halides is 1. The summed E-state index contributed by atoms with van der Waals surface area (Å²) in [6.45, 7) is 8.61. The van der Waals surface area contributed by atoms with Gasteiger partial charge in [-0.2, -0.15) is 0 Å². The molecule has 0 aliphatic carbocycles. The Morgan fingerprint density at radius 2 is 1.83 bits per heavy atom. The molecule has 1 aromatic carbocycles. The van der Waals surface area contributed by atoms with Crippen LogP contribution in [0.2, 0.25) is 0 Å². The summed E-state index contributed by atoms with van der Waals surface area (Å²) in [7, 11) is 0. The van der Waals surface area contributed by atoms with Gasteiger partial charge in [0.25, 0.3) is 0 Å². The number of rotatable bonds is 4. The van der Waals surface area contributed by atoms with Crippen molar-refractivity contribution in [3.63, 3.8) is 0 Å². The Labute approximate surface area is 118 Å². The average molecular weight is 312 g/mol. The number of halogens is 1. The topological polar surface area (TPSA) is 29.1 Å². The van der Waals surface area contributed by atoms with Crippen LogP contribution in [0.25, 0.3) is 0 Å². The molecule has 0 aliphatic heterocycles. The van der Waals surface area contributed by atoms with Gasteiger partial charge in [0.05, 0.1) is 6.04 Å². The van der Waals surface area contributed by atoms with Crippen molar-refractivity contribution in [1.29, 1.82) is 0 Å². The highest BCUT2D eigenvalue weighted by Gasteiger charge is 2.14. The van der Waals surface area contributed by atoms with Gasteiger partial charge in [0.15, 0.2) is 0 Å². The lowest BCUT2D eigenvalue weighted by Gasteiger charge is -2.20. The Balaban J connectivity index is 2.70. The van der Waals surface area contributed by atoms with Crippen LogP contribution in [0.3, 0.4) is 0 Å². The SMILES string of the molecule is CC(NC(=O)CCBr)c1ccc(C(C)(C)C)cc1. The fourth-order valence-electron chi connectivity index (χ4n) is 1.75. The molecule has 0 spiro atoms. The minimum Gasteiger partial charge on any atom is -0.350 e. The molecule has 1 unspecified atom stereocenters. The summed E-state index contributed by atoms with van der Waals surface area (Å²) in [5.41, 5.74) is 2.62. The molecule has 0 fully saturated rings. The first-order valence-electron chi connectivity index (χ1n) is 6.30. The second kappa shape index (κ2) is 6.37. The summed E-state index contributed by atoms with van der Waals surface area (Å²) in [6, 6.07) is 8.54. The van der Waals surface area contributed by atoms with E-state index in [1.165, 1.54) is 5.56 Å². The van der Waals surface area contributed by atoms with E-state index in [1.54, 1.807) is 0 Å². The van der Waals surface area contributed by atoms with Crippen LogP contribution in [0, 0.1) is 0 Å². The van der Waals surface area contributed by atoms with E-state index in [2.05, 4.69) is 66.3 Å². The summed E-state index contributed by atoms with van der Waals surface area (Å²) >= 11 is 3.27. The highest BCUT2D eigenvalue weighted by Crippen LogP contribution is 2.23. The van der Waals surface area contributed by atoms with Crippen LogP contribution >= 0.6 is 15.9 Å². The monoisotopic (exact) mass is 311 g/mol. The number of hydrogen-bond donors (Lipinski definition) is 1. The van der Waals surface area contributed by atoms with Gasteiger partial charge in [-0.05, 0) is 23.5 Å². The van der Waals surface area contributed by atoms with E-state index in [9.17, 15) is 4.79 Å². The molecule has 0 radical (unpaired) electrons. The molecule has 2 nitrogen and oxygen atoms in total. The Morgan fingerprint density at radius 3 is 2.28 bits per heavy atom. The molecule has 100 valence electrons. The van der Waals surface area contributed by atoms with E-state index in [4.69, 9.17) is 0 Å². The van der Waals surface area contributed by atoms with Crippen molar-refractivity contribution in [2.24, 2.45) is 0 Å². The van der Waals surface area contributed by atoms with Crippen LogP contribution in [-0.2, 0) is 10.2 Å². The maximum atomic E-state index is 11.5. The van der Waals surface area contributed by atoms with Gasteiger partial charge >= 0.3 is 0 Å². The van der Waals surface area contributed by atoms with E-state index in [-0.39, 0.29) is 17.4 Å². The smallest absolute Gasteiger partial charge is 0.221 e. The lowest BCUT2D eigenvalue weighted by atomic mass is 9.86. The summed E-state index contributed by atoms with van der Waals surface area (Å²) in [5, 5.41) is 3.69. The zero-order chi connectivity index (χ0) is 13.8. The number of hydrogen-bond acceptors (Lipinski definition) is 1. The molecule has 0 heterocycles. The highest BCUT2D eigenvalue weighted by atomic mass is 79.9. The van der Waals surface area contributed by atoms with Gasteiger partial charge in [0, 0.05) is 11.8 Å². The van der Waals surface area contributed by atoms with Gasteiger partial charge < -0.3 is 5.32 Å². The van der Waals surface area contributed by atoms with Crippen LogP contribution < -0.4 is 5.32 Å². The van der Waals surface area contributed by atoms with Crippen LogP contribution in [0.5, 0.6) is 0 Å². The van der Waals surface area contributed by atoms with Gasteiger partial charge in [-0.1, -0.05) is 61.0 Å². The quantitative estimate of drug-likeness (QED) is 0.838. The fourth-order valence-corrected chi connectivity index (χ4v) is 2.11. The largest absolute Gasteiger partial charge is 0.350 e. The molecule has 0 saturated heterocycles. The molecule has 1 rings (SSSR count). The summed E-state index contributed by atoms with van der Waals surface area (Å²) in [5.74, 6) is 0.0827. The molecule has 1 aromatic rings. The lowest BCUT2D eigenvalue weighted by molar-refractivity contribution is -0.121. The van der Waals surface area contributed by atoms with Crippen LogP contribution in [0.1, 0.15) is 51.3 Å². The second-order valence-corrected chi connectivity index (χ2v) is 6.39. The van der Waals surface area contributed by atoms with E-state index >= 15 is 0 Å². The van der Waals surface area contributed by atoms with E-state index in [1.807, 2.05) is 6.92 Å². The number of nitrogens with one attached hydrogen (secondary N) is 1. The van der Waals surface area contributed by atoms with Crippen molar-refractivity contribution in [3.8, 4) is 0 Å². The highest BCUT2D eigenvalue weighted by molar-refractivity contribution is 9.09. The predicted molar refractivity (Wildman–Crippen MR) is 80.1 cm³/mol. The minimum absolute atomic E-state index is 0.0607. The Bertz CT molecular complexity index is 392. The number of benzene rings is 1. The van der Waals surface area contributed by atoms with E-state index in [0.717, 1.165) is 5.56 Å². The van der Waals surface area contributed by atoms with Crippen LogP contribution in [0.4, 0.5) is 0 Å². The van der Waals surface area contributed by atoms with Crippen molar-refractivity contribution in [3.05, 3.63) is 35.4 Å². The third-order valence-electron chi connectivity index (χ3n) is 2.98. The second-order valence-electron chi connectivity index (χ2n) is 5.60. The van der Waals surface area contributed by atoms with Gasteiger partial charge in [0.1, 0.15) is 0 Å². The van der Waals surface area contributed by atoms with Crippen molar-refractivity contribution in [2.45, 2.75) is 45.6 Å². The van der Waals surface area contributed by atoms with Gasteiger partial charge in [0.2, 0.25) is 5.91 Å². The maximum Gasteiger partial charge on any atom is 0.221 e. The Hall–Kier alpha value is -0.830.